The van der Waals surface area contributed by atoms with Crippen molar-refractivity contribution in [3.8, 4) is 0 Å². The summed E-state index contributed by atoms with van der Waals surface area (Å²) in [5, 5.41) is 2.89. The van der Waals surface area contributed by atoms with Gasteiger partial charge in [0.05, 0.1) is 12.2 Å². The Morgan fingerprint density at radius 1 is 1.16 bits per heavy atom. The maximum Gasteiger partial charge on any atom is 0.225 e. The Morgan fingerprint density at radius 2 is 1.96 bits per heavy atom. The summed E-state index contributed by atoms with van der Waals surface area (Å²) in [6.07, 6.45) is 4.60. The van der Waals surface area contributed by atoms with E-state index in [1.54, 1.807) is 6.20 Å². The lowest BCUT2D eigenvalue weighted by atomic mass is 9.87. The normalized spacial score (nSPS) is 19.0. The molecule has 1 aliphatic heterocycles. The molecule has 1 N–H and O–H groups in total. The molecular formula is C20H21N3O2. The lowest BCUT2D eigenvalue weighted by Gasteiger charge is -2.28. The van der Waals surface area contributed by atoms with E-state index in [1.165, 1.54) is 0 Å². The standard InChI is InChI=1S/C20H21N3O2/c24-19-11-14(17-6-1-2-7-18(17)22-19)12-20(25)23(16-8-9-16)13-15-5-3-4-10-21-15/h1-7,10,14,16H,8-9,11-13H2,(H,22,24). The lowest BCUT2D eigenvalue weighted by Crippen LogP contribution is -2.35. The average Bonchev–Trinajstić information content (AvgIpc) is 3.45. The van der Waals surface area contributed by atoms with Crippen LogP contribution in [0.5, 0.6) is 0 Å². The number of rotatable bonds is 5. The Hall–Kier alpha value is -2.69. The zero-order valence-electron chi connectivity index (χ0n) is 14.0. The maximum absolute atomic E-state index is 13.0. The molecule has 0 radical (unpaired) electrons. The van der Waals surface area contributed by atoms with Crippen molar-refractivity contribution in [3.05, 3.63) is 59.9 Å². The van der Waals surface area contributed by atoms with Gasteiger partial charge >= 0.3 is 0 Å². The Kier molecular flexibility index (Phi) is 4.22. The SMILES string of the molecule is O=C1CC(CC(=O)N(Cc2ccccn2)C2CC2)c2ccccc2N1. The average molecular weight is 335 g/mol. The lowest BCUT2D eigenvalue weighted by molar-refractivity contribution is -0.133. The molecule has 1 aromatic heterocycles. The largest absolute Gasteiger partial charge is 0.334 e. The highest BCUT2D eigenvalue weighted by atomic mass is 16.2. The topological polar surface area (TPSA) is 62.3 Å². The summed E-state index contributed by atoms with van der Waals surface area (Å²) in [4.78, 5) is 31.2. The van der Waals surface area contributed by atoms with Crippen molar-refractivity contribution < 1.29 is 9.59 Å². The molecule has 5 heteroatoms. The number of benzene rings is 1. The second kappa shape index (κ2) is 6.67. The van der Waals surface area contributed by atoms with Gasteiger partial charge in [0.2, 0.25) is 11.8 Å². The number of carbonyl (C=O) groups is 2. The molecule has 0 spiro atoms. The smallest absolute Gasteiger partial charge is 0.225 e. The summed E-state index contributed by atoms with van der Waals surface area (Å²) in [5.74, 6) is 0.0456. The number of hydrogen-bond acceptors (Lipinski definition) is 3. The highest BCUT2D eigenvalue weighted by Gasteiger charge is 2.35. The van der Waals surface area contributed by atoms with Gasteiger partial charge in [0.1, 0.15) is 0 Å². The Balaban J connectivity index is 1.51. The summed E-state index contributed by atoms with van der Waals surface area (Å²) >= 11 is 0. The van der Waals surface area contributed by atoms with E-state index in [1.807, 2.05) is 47.4 Å². The molecule has 0 saturated heterocycles. The molecule has 1 fully saturated rings. The molecule has 1 saturated carbocycles. The summed E-state index contributed by atoms with van der Waals surface area (Å²) in [7, 11) is 0. The molecule has 25 heavy (non-hydrogen) atoms. The number of amides is 2. The van der Waals surface area contributed by atoms with Gasteiger partial charge in [-0.25, -0.2) is 0 Å². The molecule has 2 heterocycles. The predicted octanol–water partition coefficient (Wildman–Crippen LogP) is 3.09. The minimum absolute atomic E-state index is 0.0146. The number of para-hydroxylation sites is 1. The van der Waals surface area contributed by atoms with Gasteiger partial charge in [-0.05, 0) is 36.6 Å². The van der Waals surface area contributed by atoms with Crippen LogP contribution in [0.4, 0.5) is 5.69 Å². The molecule has 1 unspecified atom stereocenters. The summed E-state index contributed by atoms with van der Waals surface area (Å²) in [6.45, 7) is 0.547. The molecule has 2 amide bonds. The second-order valence-corrected chi connectivity index (χ2v) is 6.81. The van der Waals surface area contributed by atoms with Crippen LogP contribution in [0.2, 0.25) is 0 Å². The van der Waals surface area contributed by atoms with Crippen LogP contribution in [0.15, 0.2) is 48.7 Å². The van der Waals surface area contributed by atoms with Gasteiger partial charge in [0, 0.05) is 36.7 Å². The molecule has 0 bridgehead atoms. The Labute approximate surface area is 147 Å². The minimum atomic E-state index is -0.0533. The number of carbonyl (C=O) groups excluding carboxylic acids is 2. The van der Waals surface area contributed by atoms with E-state index in [0.29, 0.717) is 25.4 Å². The van der Waals surface area contributed by atoms with Crippen molar-refractivity contribution in [1.82, 2.24) is 9.88 Å². The van der Waals surface area contributed by atoms with Gasteiger partial charge in [-0.3, -0.25) is 14.6 Å². The van der Waals surface area contributed by atoms with Crippen LogP contribution in [-0.2, 0) is 16.1 Å². The van der Waals surface area contributed by atoms with Crippen molar-refractivity contribution in [3.63, 3.8) is 0 Å². The third kappa shape index (κ3) is 3.55. The van der Waals surface area contributed by atoms with Crippen molar-refractivity contribution in [2.45, 2.75) is 44.2 Å². The zero-order valence-corrected chi connectivity index (χ0v) is 14.0. The summed E-state index contributed by atoms with van der Waals surface area (Å²) in [6, 6.07) is 13.9. The molecule has 1 aromatic carbocycles. The molecule has 2 aliphatic rings. The van der Waals surface area contributed by atoms with Crippen molar-refractivity contribution >= 4 is 17.5 Å². The first kappa shape index (κ1) is 15.8. The third-order valence-electron chi connectivity index (χ3n) is 4.89. The van der Waals surface area contributed by atoms with Crippen LogP contribution in [0.3, 0.4) is 0 Å². The second-order valence-electron chi connectivity index (χ2n) is 6.81. The molecule has 128 valence electrons. The number of nitrogens with zero attached hydrogens (tertiary/aromatic N) is 2. The van der Waals surface area contributed by atoms with E-state index < -0.39 is 0 Å². The zero-order chi connectivity index (χ0) is 17.2. The van der Waals surface area contributed by atoms with Crippen molar-refractivity contribution in [1.29, 1.82) is 0 Å². The monoisotopic (exact) mass is 335 g/mol. The quantitative estimate of drug-likeness (QED) is 0.913. The number of hydrogen-bond donors (Lipinski definition) is 1. The fourth-order valence-corrected chi connectivity index (χ4v) is 3.49. The van der Waals surface area contributed by atoms with Crippen LogP contribution < -0.4 is 5.32 Å². The Morgan fingerprint density at radius 3 is 2.72 bits per heavy atom. The van der Waals surface area contributed by atoms with E-state index in [4.69, 9.17) is 0 Å². The predicted molar refractivity (Wildman–Crippen MR) is 94.9 cm³/mol. The van der Waals surface area contributed by atoms with Crippen molar-refractivity contribution in [2.75, 3.05) is 5.32 Å². The molecule has 1 aliphatic carbocycles. The summed E-state index contributed by atoms with van der Waals surface area (Å²) < 4.78 is 0. The fraction of sp³-hybridized carbons (Fsp3) is 0.350. The van der Waals surface area contributed by atoms with Crippen molar-refractivity contribution in [2.24, 2.45) is 0 Å². The molecule has 5 nitrogen and oxygen atoms in total. The van der Waals surface area contributed by atoms with E-state index in [9.17, 15) is 9.59 Å². The third-order valence-corrected chi connectivity index (χ3v) is 4.89. The van der Waals surface area contributed by atoms with E-state index in [-0.39, 0.29) is 17.7 Å². The number of pyridine rings is 1. The van der Waals surface area contributed by atoms with Crippen LogP contribution in [0.25, 0.3) is 0 Å². The highest BCUT2D eigenvalue weighted by Crippen LogP contribution is 2.36. The fourth-order valence-electron chi connectivity index (χ4n) is 3.49. The molecule has 1 atom stereocenters. The van der Waals surface area contributed by atoms with Crippen LogP contribution >= 0.6 is 0 Å². The maximum atomic E-state index is 13.0. The first-order valence-corrected chi connectivity index (χ1v) is 8.79. The number of anilines is 1. The molecule has 4 rings (SSSR count). The van der Waals surface area contributed by atoms with Crippen LogP contribution in [0, 0.1) is 0 Å². The van der Waals surface area contributed by atoms with Gasteiger partial charge < -0.3 is 10.2 Å². The van der Waals surface area contributed by atoms with Crippen LogP contribution in [-0.4, -0.2) is 27.7 Å². The van der Waals surface area contributed by atoms with Gasteiger partial charge in [0.15, 0.2) is 0 Å². The van der Waals surface area contributed by atoms with Gasteiger partial charge in [-0.2, -0.15) is 0 Å². The van der Waals surface area contributed by atoms with Gasteiger partial charge in [-0.1, -0.05) is 24.3 Å². The number of aromatic nitrogens is 1. The Bertz CT molecular complexity index is 787. The van der Waals surface area contributed by atoms with E-state index >= 15 is 0 Å². The number of fused-ring (bicyclic) bond motifs is 1. The highest BCUT2D eigenvalue weighted by molar-refractivity contribution is 5.95. The van der Waals surface area contributed by atoms with E-state index in [2.05, 4.69) is 10.3 Å². The molecular weight excluding hydrogens is 314 g/mol. The van der Waals surface area contributed by atoms with Gasteiger partial charge in [0.25, 0.3) is 0 Å². The minimum Gasteiger partial charge on any atom is -0.334 e. The first-order chi connectivity index (χ1) is 12.2. The van der Waals surface area contributed by atoms with E-state index in [0.717, 1.165) is 29.8 Å². The number of nitrogens with one attached hydrogen (secondary N) is 1. The first-order valence-electron chi connectivity index (χ1n) is 8.79. The van der Waals surface area contributed by atoms with Gasteiger partial charge in [-0.15, -0.1) is 0 Å². The molecule has 2 aromatic rings. The van der Waals surface area contributed by atoms with Crippen LogP contribution in [0.1, 0.15) is 42.9 Å². The summed E-state index contributed by atoms with van der Waals surface area (Å²) in [5.41, 5.74) is 2.80.